The number of carboxylic acids is 1. The number of aryl methyl sites for hydroxylation is 3. The fourth-order valence-electron chi connectivity index (χ4n) is 6.27. The lowest BCUT2D eigenvalue weighted by Gasteiger charge is -2.27. The third kappa shape index (κ3) is 5.79. The molecule has 0 radical (unpaired) electrons. The molecule has 0 bridgehead atoms. The van der Waals surface area contributed by atoms with Crippen molar-refractivity contribution in [1.82, 2.24) is 4.90 Å². The summed E-state index contributed by atoms with van der Waals surface area (Å²) >= 11 is 0. The van der Waals surface area contributed by atoms with Gasteiger partial charge in [-0.1, -0.05) is 69.7 Å². The van der Waals surface area contributed by atoms with Gasteiger partial charge in [0, 0.05) is 24.2 Å². The Morgan fingerprint density at radius 3 is 2.34 bits per heavy atom. The molecule has 2 heterocycles. The number of carbonyl (C=O) groups is 2. The van der Waals surface area contributed by atoms with Crippen LogP contribution < -0.4 is 14.8 Å². The molecular weight excluding hydrogens is 523 g/mol. The highest BCUT2D eigenvalue weighted by atomic mass is 19.1. The summed E-state index contributed by atoms with van der Waals surface area (Å²) < 4.78 is 25.6. The molecule has 1 amide bonds. The molecule has 5 rings (SSSR count). The maximum atomic E-state index is 14.9. The molecule has 216 valence electrons. The molecule has 1 fully saturated rings. The smallest absolute Gasteiger partial charge is 0.309 e. The first-order valence-electron chi connectivity index (χ1n) is 14.4. The molecule has 3 atom stereocenters. The number of hydrogen-bond donors (Lipinski definition) is 2. The summed E-state index contributed by atoms with van der Waals surface area (Å²) in [5, 5.41) is 13.6. The van der Waals surface area contributed by atoms with Crippen LogP contribution in [0.3, 0.4) is 0 Å². The summed E-state index contributed by atoms with van der Waals surface area (Å²) in [5.41, 5.74) is 5.43. The second kappa shape index (κ2) is 12.3. The van der Waals surface area contributed by atoms with Crippen molar-refractivity contribution in [3.05, 3.63) is 88.2 Å². The molecule has 0 spiro atoms. The van der Waals surface area contributed by atoms with Crippen LogP contribution in [0.2, 0.25) is 0 Å². The van der Waals surface area contributed by atoms with Crippen molar-refractivity contribution in [3.8, 4) is 11.5 Å². The van der Waals surface area contributed by atoms with Gasteiger partial charge in [0.2, 0.25) is 18.4 Å². The molecule has 1 saturated heterocycles. The number of fused-ring (bicyclic) bond motifs is 1. The quantitative estimate of drug-likeness (QED) is 0.311. The van der Waals surface area contributed by atoms with Gasteiger partial charge >= 0.3 is 5.97 Å². The molecule has 1 unspecified atom stereocenters. The van der Waals surface area contributed by atoms with Crippen LogP contribution >= 0.6 is 0 Å². The van der Waals surface area contributed by atoms with E-state index >= 15 is 0 Å². The van der Waals surface area contributed by atoms with Gasteiger partial charge in [0.15, 0.2) is 11.6 Å². The van der Waals surface area contributed by atoms with Gasteiger partial charge in [0.25, 0.3) is 0 Å². The van der Waals surface area contributed by atoms with Crippen molar-refractivity contribution in [2.75, 3.05) is 25.2 Å². The maximum absolute atomic E-state index is 14.9. The molecule has 41 heavy (non-hydrogen) atoms. The number of amides is 1. The van der Waals surface area contributed by atoms with Crippen molar-refractivity contribution in [3.63, 3.8) is 0 Å². The Balaban J connectivity index is 1.50. The Bertz CT molecular complexity index is 1400. The number of rotatable bonds is 10. The lowest BCUT2D eigenvalue weighted by Crippen LogP contribution is -2.35. The SMILES string of the molecule is CCCc1ccc([C@H]2C(C(=O)O)[C@@H](c3cc(F)c4c(c3)OCO4)CN2CC(=O)Nc2c(CC)cccc2CC)cc1. The summed E-state index contributed by atoms with van der Waals surface area (Å²) in [6.45, 7) is 6.39. The molecule has 2 aliphatic rings. The number of hydrogen-bond acceptors (Lipinski definition) is 5. The molecule has 2 N–H and O–H groups in total. The maximum Gasteiger partial charge on any atom is 0.309 e. The van der Waals surface area contributed by atoms with Crippen LogP contribution in [0.4, 0.5) is 10.1 Å². The Morgan fingerprint density at radius 1 is 1.00 bits per heavy atom. The summed E-state index contributed by atoms with van der Waals surface area (Å²) in [5.74, 6) is -2.96. The molecule has 2 aliphatic heterocycles. The van der Waals surface area contributed by atoms with E-state index in [9.17, 15) is 19.1 Å². The van der Waals surface area contributed by atoms with E-state index in [2.05, 4.69) is 26.1 Å². The molecule has 3 aromatic carbocycles. The number of anilines is 1. The minimum atomic E-state index is -0.997. The van der Waals surface area contributed by atoms with Crippen LogP contribution in [0.5, 0.6) is 11.5 Å². The predicted octanol–water partition coefficient (Wildman–Crippen LogP) is 6.11. The molecule has 0 saturated carbocycles. The number of carboxylic acid groups (broad SMARTS) is 1. The third-order valence-corrected chi connectivity index (χ3v) is 8.23. The second-order valence-corrected chi connectivity index (χ2v) is 10.8. The first-order valence-corrected chi connectivity index (χ1v) is 14.4. The largest absolute Gasteiger partial charge is 0.481 e. The van der Waals surface area contributed by atoms with Gasteiger partial charge in [-0.3, -0.25) is 14.5 Å². The standard InChI is InChI=1S/C33H37FN2O5/c1-4-8-20-11-13-23(14-12-20)31-29(33(38)39)25(24-15-26(34)32-27(16-24)40-19-41-32)17-36(31)18-28(37)35-30-21(5-2)9-7-10-22(30)6-3/h7,9-16,25,29,31H,4-6,8,17-19H2,1-3H3,(H,35,37)(H,38,39)/t25-,29?,31+/m1/s1. The number of benzene rings is 3. The zero-order valence-electron chi connectivity index (χ0n) is 23.8. The van der Waals surface area contributed by atoms with Gasteiger partial charge in [-0.05, 0) is 59.2 Å². The van der Waals surface area contributed by atoms with E-state index in [4.69, 9.17) is 9.47 Å². The Hall–Kier alpha value is -3.91. The van der Waals surface area contributed by atoms with Crippen molar-refractivity contribution >= 4 is 17.6 Å². The van der Waals surface area contributed by atoms with E-state index in [1.807, 2.05) is 47.4 Å². The van der Waals surface area contributed by atoms with Crippen LogP contribution in [-0.2, 0) is 28.9 Å². The number of nitrogens with zero attached hydrogens (tertiary/aromatic N) is 1. The van der Waals surface area contributed by atoms with E-state index < -0.39 is 29.7 Å². The Labute approximate surface area is 240 Å². The highest BCUT2D eigenvalue weighted by Crippen LogP contribution is 2.48. The average Bonchev–Trinajstić information content (AvgIpc) is 3.59. The summed E-state index contributed by atoms with van der Waals surface area (Å²) in [6, 6.07) is 16.4. The molecule has 0 aliphatic carbocycles. The lowest BCUT2D eigenvalue weighted by atomic mass is 9.82. The molecule has 8 heteroatoms. The lowest BCUT2D eigenvalue weighted by molar-refractivity contribution is -0.143. The summed E-state index contributed by atoms with van der Waals surface area (Å²) in [7, 11) is 0. The second-order valence-electron chi connectivity index (χ2n) is 10.8. The molecule has 3 aromatic rings. The van der Waals surface area contributed by atoms with Crippen molar-refractivity contribution in [1.29, 1.82) is 0 Å². The number of aliphatic carboxylic acids is 1. The van der Waals surface area contributed by atoms with Crippen LogP contribution in [0, 0.1) is 11.7 Å². The Morgan fingerprint density at radius 2 is 1.71 bits per heavy atom. The van der Waals surface area contributed by atoms with Crippen LogP contribution in [0.15, 0.2) is 54.6 Å². The van der Waals surface area contributed by atoms with Crippen molar-refractivity contribution in [2.24, 2.45) is 5.92 Å². The van der Waals surface area contributed by atoms with E-state index in [1.165, 1.54) is 11.6 Å². The fourth-order valence-corrected chi connectivity index (χ4v) is 6.27. The van der Waals surface area contributed by atoms with E-state index in [1.54, 1.807) is 6.07 Å². The fraction of sp³-hybridized carbons (Fsp3) is 0.394. The van der Waals surface area contributed by atoms with Gasteiger partial charge in [-0.25, -0.2) is 4.39 Å². The average molecular weight is 561 g/mol. The number of nitrogens with one attached hydrogen (secondary N) is 1. The monoisotopic (exact) mass is 560 g/mol. The highest BCUT2D eigenvalue weighted by molar-refractivity contribution is 5.94. The van der Waals surface area contributed by atoms with Gasteiger partial charge in [-0.15, -0.1) is 0 Å². The van der Waals surface area contributed by atoms with Crippen molar-refractivity contribution in [2.45, 2.75) is 58.4 Å². The third-order valence-electron chi connectivity index (χ3n) is 8.23. The van der Waals surface area contributed by atoms with Gasteiger partial charge in [-0.2, -0.15) is 0 Å². The number of para-hydroxylation sites is 1. The van der Waals surface area contributed by atoms with E-state index in [0.717, 1.165) is 48.1 Å². The summed E-state index contributed by atoms with van der Waals surface area (Å²) in [6.07, 6.45) is 3.48. The van der Waals surface area contributed by atoms with Crippen LogP contribution in [0.25, 0.3) is 0 Å². The predicted molar refractivity (Wildman–Crippen MR) is 155 cm³/mol. The molecular formula is C33H37FN2O5. The van der Waals surface area contributed by atoms with E-state index in [0.29, 0.717) is 5.56 Å². The highest BCUT2D eigenvalue weighted by Gasteiger charge is 2.48. The molecule has 0 aromatic heterocycles. The first kappa shape index (κ1) is 28.6. The zero-order chi connectivity index (χ0) is 29.1. The van der Waals surface area contributed by atoms with Gasteiger partial charge in [0.1, 0.15) is 0 Å². The number of ether oxygens (including phenoxy) is 2. The van der Waals surface area contributed by atoms with Crippen molar-refractivity contribution < 1.29 is 28.6 Å². The first-order chi connectivity index (χ1) is 19.8. The van der Waals surface area contributed by atoms with Gasteiger partial charge < -0.3 is 19.9 Å². The summed E-state index contributed by atoms with van der Waals surface area (Å²) in [4.78, 5) is 28.3. The molecule has 7 nitrogen and oxygen atoms in total. The number of halogens is 1. The normalized spacial score (nSPS) is 19.9. The zero-order valence-corrected chi connectivity index (χ0v) is 23.8. The minimum absolute atomic E-state index is 0.00407. The number of likely N-dealkylation sites (tertiary alicyclic amines) is 1. The van der Waals surface area contributed by atoms with Crippen LogP contribution in [-0.4, -0.2) is 41.8 Å². The van der Waals surface area contributed by atoms with E-state index in [-0.39, 0.29) is 37.3 Å². The topological polar surface area (TPSA) is 88.1 Å². The van der Waals surface area contributed by atoms with Gasteiger partial charge in [0.05, 0.1) is 12.5 Å². The number of carbonyl (C=O) groups excluding carboxylic acids is 1. The Kier molecular flexibility index (Phi) is 8.59. The van der Waals surface area contributed by atoms with Crippen LogP contribution in [0.1, 0.15) is 67.0 Å². The minimum Gasteiger partial charge on any atom is -0.481 e.